The maximum absolute atomic E-state index is 14.8. The Morgan fingerprint density at radius 3 is 2.26 bits per heavy atom. The van der Waals surface area contributed by atoms with Gasteiger partial charge in [0, 0.05) is 5.92 Å². The molecule has 0 saturated heterocycles. The minimum atomic E-state index is -1.44. The summed E-state index contributed by atoms with van der Waals surface area (Å²) in [6.45, 7) is 2.08. The molecule has 1 saturated carbocycles. The molecule has 2 aromatic rings. The molecule has 0 amide bonds. The third-order valence-corrected chi connectivity index (χ3v) is 6.82. The quantitative estimate of drug-likeness (QED) is 0.335. The summed E-state index contributed by atoms with van der Waals surface area (Å²) >= 11 is 0. The summed E-state index contributed by atoms with van der Waals surface area (Å²) in [5.41, 5.74) is 2.95. The van der Waals surface area contributed by atoms with Crippen molar-refractivity contribution in [3.8, 4) is 0 Å². The summed E-state index contributed by atoms with van der Waals surface area (Å²) in [5, 5.41) is 0. The predicted molar refractivity (Wildman–Crippen MR) is 113 cm³/mol. The highest BCUT2D eigenvalue weighted by Gasteiger charge is 2.39. The zero-order chi connectivity index (χ0) is 22.1. The van der Waals surface area contributed by atoms with Gasteiger partial charge < -0.3 is 0 Å². The number of rotatable bonds is 5. The summed E-state index contributed by atoms with van der Waals surface area (Å²) in [4.78, 5) is 0. The van der Waals surface area contributed by atoms with Gasteiger partial charge >= 0.3 is 0 Å². The zero-order valence-electron chi connectivity index (χ0n) is 17.6. The van der Waals surface area contributed by atoms with Crippen molar-refractivity contribution in [2.75, 3.05) is 0 Å². The monoisotopic (exact) mass is 434 g/mol. The summed E-state index contributed by atoms with van der Waals surface area (Å²) < 4.78 is 70.8. The van der Waals surface area contributed by atoms with Crippen LogP contribution in [-0.4, -0.2) is 12.3 Å². The molecule has 0 radical (unpaired) electrons. The Balaban J connectivity index is 1.49. The van der Waals surface area contributed by atoms with Crippen LogP contribution in [0.1, 0.15) is 67.2 Å². The average molecular weight is 434 g/mol. The van der Waals surface area contributed by atoms with Gasteiger partial charge in [-0.15, -0.1) is 0 Å². The van der Waals surface area contributed by atoms with E-state index in [1.165, 1.54) is 0 Å². The Kier molecular flexibility index (Phi) is 6.49. The first-order chi connectivity index (χ1) is 14.9. The van der Waals surface area contributed by atoms with E-state index < -0.39 is 35.7 Å². The molecule has 166 valence electrons. The van der Waals surface area contributed by atoms with Gasteiger partial charge in [0.05, 0.1) is 0 Å². The number of fused-ring (bicyclic) bond motifs is 1. The van der Waals surface area contributed by atoms with Gasteiger partial charge in [-0.2, -0.15) is 0 Å². The van der Waals surface area contributed by atoms with Gasteiger partial charge in [-0.3, -0.25) is 0 Å². The molecule has 2 unspecified atom stereocenters. The highest BCUT2D eigenvalue weighted by atomic mass is 19.2. The molecule has 2 aliphatic rings. The van der Waals surface area contributed by atoms with Crippen molar-refractivity contribution in [1.82, 2.24) is 0 Å². The van der Waals surface area contributed by atoms with Crippen molar-refractivity contribution in [3.63, 3.8) is 0 Å². The molecular formula is C26H27F5. The fourth-order valence-electron chi connectivity index (χ4n) is 5.10. The molecule has 2 atom stereocenters. The second-order valence-corrected chi connectivity index (χ2v) is 8.89. The molecule has 2 aliphatic carbocycles. The molecule has 0 aliphatic heterocycles. The maximum Gasteiger partial charge on any atom is 0.194 e. The molecule has 1 fully saturated rings. The van der Waals surface area contributed by atoms with Crippen LogP contribution >= 0.6 is 0 Å². The summed E-state index contributed by atoms with van der Waals surface area (Å²) in [6.07, 6.45) is 3.59. The second kappa shape index (κ2) is 9.13. The number of hydrogen-bond acceptors (Lipinski definition) is 0. The lowest BCUT2D eigenvalue weighted by molar-refractivity contribution is 0.0824. The topological polar surface area (TPSA) is 0 Å². The van der Waals surface area contributed by atoms with Crippen LogP contribution in [0.4, 0.5) is 22.0 Å². The first-order valence-electron chi connectivity index (χ1n) is 11.1. The third-order valence-electron chi connectivity index (χ3n) is 6.82. The number of unbranched alkanes of at least 4 members (excludes halogenated alkanes) is 1. The van der Waals surface area contributed by atoms with E-state index in [1.54, 1.807) is 18.2 Å². The van der Waals surface area contributed by atoms with E-state index in [2.05, 4.69) is 6.92 Å². The van der Waals surface area contributed by atoms with Crippen molar-refractivity contribution in [2.24, 2.45) is 5.92 Å². The fourth-order valence-corrected chi connectivity index (χ4v) is 5.10. The van der Waals surface area contributed by atoms with Crippen LogP contribution in [0.3, 0.4) is 0 Å². The molecule has 2 aromatic carbocycles. The van der Waals surface area contributed by atoms with Crippen LogP contribution in [0.5, 0.6) is 0 Å². The minimum Gasteiger partial charge on any atom is -0.247 e. The Hall–Kier alpha value is -2.17. The molecule has 0 spiro atoms. The Bertz CT molecular complexity index is 951. The van der Waals surface area contributed by atoms with Gasteiger partial charge in [-0.25, -0.2) is 22.0 Å². The number of halogens is 5. The van der Waals surface area contributed by atoms with E-state index in [4.69, 9.17) is 0 Å². The number of benzene rings is 2. The number of alkyl halides is 2. The second-order valence-electron chi connectivity index (χ2n) is 8.89. The van der Waals surface area contributed by atoms with Gasteiger partial charge in [0.15, 0.2) is 17.5 Å². The van der Waals surface area contributed by atoms with Crippen LogP contribution in [0, 0.1) is 23.4 Å². The lowest BCUT2D eigenvalue weighted by atomic mass is 9.74. The largest absolute Gasteiger partial charge is 0.247 e. The van der Waals surface area contributed by atoms with Gasteiger partial charge in [0.25, 0.3) is 0 Å². The lowest BCUT2D eigenvalue weighted by Crippen LogP contribution is -2.33. The predicted octanol–water partition coefficient (Wildman–Crippen LogP) is 7.65. The van der Waals surface area contributed by atoms with Crippen LogP contribution in [0.25, 0.3) is 5.57 Å². The lowest BCUT2D eigenvalue weighted by Gasteiger charge is -2.35. The molecule has 5 heteroatoms. The van der Waals surface area contributed by atoms with E-state index in [1.807, 2.05) is 12.1 Å². The smallest absolute Gasteiger partial charge is 0.194 e. The summed E-state index contributed by atoms with van der Waals surface area (Å²) in [6, 6.07) is 8.19. The van der Waals surface area contributed by atoms with Crippen LogP contribution in [0.15, 0.2) is 36.4 Å². The molecular weight excluding hydrogens is 407 g/mol. The first-order valence-corrected chi connectivity index (χ1v) is 11.1. The average Bonchev–Trinajstić information content (AvgIpc) is 2.76. The Morgan fingerprint density at radius 1 is 0.935 bits per heavy atom. The molecule has 0 aromatic heterocycles. The van der Waals surface area contributed by atoms with E-state index in [0.717, 1.165) is 36.5 Å². The van der Waals surface area contributed by atoms with Crippen molar-refractivity contribution in [3.05, 3.63) is 76.1 Å². The standard InChI is InChI=1S/C26H27F5/c1-2-3-4-15-11-21(27)24(22(28)12-15)17-7-5-16(6-8-17)18-9-10-20-19(13-18)14-23(29)26(31)25(20)30/h5-9,14-15,21-22,24H,2-4,10-13H2,1H3. The Morgan fingerprint density at radius 2 is 1.61 bits per heavy atom. The molecule has 4 rings (SSSR count). The van der Waals surface area contributed by atoms with Gasteiger partial charge in [0.2, 0.25) is 0 Å². The van der Waals surface area contributed by atoms with Gasteiger partial charge in [0.1, 0.15) is 12.3 Å². The zero-order valence-corrected chi connectivity index (χ0v) is 17.6. The normalized spacial score (nSPS) is 25.8. The minimum absolute atomic E-state index is 0.110. The molecule has 0 nitrogen and oxygen atoms in total. The fraction of sp³-hybridized carbons (Fsp3) is 0.462. The van der Waals surface area contributed by atoms with Gasteiger partial charge in [-0.05, 0) is 65.5 Å². The third kappa shape index (κ3) is 4.42. The molecule has 0 heterocycles. The van der Waals surface area contributed by atoms with E-state index in [0.29, 0.717) is 24.0 Å². The van der Waals surface area contributed by atoms with Crippen LogP contribution < -0.4 is 0 Å². The van der Waals surface area contributed by atoms with E-state index in [-0.39, 0.29) is 24.3 Å². The first kappa shape index (κ1) is 22.0. The molecule has 0 bridgehead atoms. The maximum atomic E-state index is 14.8. The summed E-state index contributed by atoms with van der Waals surface area (Å²) in [5.74, 6) is -4.40. The van der Waals surface area contributed by atoms with Crippen LogP contribution in [-0.2, 0) is 12.8 Å². The van der Waals surface area contributed by atoms with Crippen molar-refractivity contribution < 1.29 is 22.0 Å². The van der Waals surface area contributed by atoms with Gasteiger partial charge in [-0.1, -0.05) is 56.5 Å². The number of hydrogen-bond donors (Lipinski definition) is 0. The highest BCUT2D eigenvalue weighted by Crippen LogP contribution is 2.42. The highest BCUT2D eigenvalue weighted by molar-refractivity contribution is 5.70. The Labute approximate surface area is 180 Å². The van der Waals surface area contributed by atoms with Crippen molar-refractivity contribution >= 4 is 5.57 Å². The van der Waals surface area contributed by atoms with E-state index in [9.17, 15) is 22.0 Å². The molecule has 31 heavy (non-hydrogen) atoms. The van der Waals surface area contributed by atoms with Crippen molar-refractivity contribution in [2.45, 2.75) is 70.1 Å². The SMILES string of the molecule is CCCCC1CC(F)C(c2ccc(C3=CCc4c(cc(F)c(F)c4F)C3)cc2)C(F)C1. The van der Waals surface area contributed by atoms with Crippen LogP contribution in [0.2, 0.25) is 0 Å². The van der Waals surface area contributed by atoms with E-state index >= 15 is 0 Å². The summed E-state index contributed by atoms with van der Waals surface area (Å²) in [7, 11) is 0. The number of allylic oxidation sites excluding steroid dienone is 2. The molecule has 0 N–H and O–H groups in total. The van der Waals surface area contributed by atoms with Crippen molar-refractivity contribution in [1.29, 1.82) is 0 Å².